The molecule has 0 aromatic carbocycles. The van der Waals surface area contributed by atoms with Crippen LogP contribution in [-0.2, 0) is 24.4 Å². The molecule has 0 saturated heterocycles. The number of sulfonamides is 1. The van der Waals surface area contributed by atoms with E-state index in [0.29, 0.717) is 25.9 Å². The number of carbonyl (C=O) groups excluding carboxylic acids is 3. The van der Waals surface area contributed by atoms with E-state index in [2.05, 4.69) is 31.6 Å². The van der Waals surface area contributed by atoms with Gasteiger partial charge in [-0.25, -0.2) is 14.0 Å². The molecule has 0 radical (unpaired) electrons. The fourth-order valence-electron chi connectivity index (χ4n) is 4.88. The monoisotopic (exact) mass is 615 g/mol. The highest BCUT2D eigenvalue weighted by Crippen LogP contribution is 2.14. The van der Waals surface area contributed by atoms with E-state index in [1.165, 1.54) is 58.3 Å². The molecule has 42 heavy (non-hydrogen) atoms. The van der Waals surface area contributed by atoms with Crippen molar-refractivity contribution in [3.05, 3.63) is 0 Å². The Morgan fingerprint density at radius 1 is 0.786 bits per heavy atom. The summed E-state index contributed by atoms with van der Waals surface area (Å²) in [5.74, 6) is -0.0172. The van der Waals surface area contributed by atoms with Crippen LogP contribution in [0.15, 0.2) is 5.10 Å². The van der Waals surface area contributed by atoms with Gasteiger partial charge in [-0.2, -0.15) is 0 Å². The van der Waals surface area contributed by atoms with E-state index in [-0.39, 0.29) is 42.6 Å². The van der Waals surface area contributed by atoms with Crippen LogP contribution in [0, 0.1) is 5.92 Å². The largest absolute Gasteiger partial charge is 0.356 e. The van der Waals surface area contributed by atoms with Crippen LogP contribution in [0.25, 0.3) is 0 Å². The van der Waals surface area contributed by atoms with E-state index >= 15 is 0 Å². The quantitative estimate of drug-likeness (QED) is 0.0718. The standard InChI is InChI=1S/C29H57N7O5S/c1-25(37)26(24-30)18-15-16-22-31-28(38)21-17-23-42(40,41)34-29(39)20-14-12-10-8-6-4-2-3-5-7-9-11-13-19-27-32-35-36-33-27/h26,35-36H,2-24,30H2,1H3,(H,31,38)(H,32,33)(H,34,39)/t26-/m0/s1. The van der Waals surface area contributed by atoms with Gasteiger partial charge in [-0.05, 0) is 39.0 Å². The lowest BCUT2D eigenvalue weighted by Crippen LogP contribution is -2.34. The van der Waals surface area contributed by atoms with Gasteiger partial charge in [0.2, 0.25) is 21.8 Å². The summed E-state index contributed by atoms with van der Waals surface area (Å²) in [4.78, 5) is 35.3. The number of amidine groups is 1. The Kier molecular flexibility index (Phi) is 21.8. The van der Waals surface area contributed by atoms with Gasteiger partial charge in [-0.15, -0.1) is 10.6 Å². The molecule has 0 unspecified atom stereocenters. The van der Waals surface area contributed by atoms with Gasteiger partial charge in [0.1, 0.15) is 11.6 Å². The smallest absolute Gasteiger partial charge is 0.234 e. The summed E-state index contributed by atoms with van der Waals surface area (Å²) in [7, 11) is -3.73. The van der Waals surface area contributed by atoms with Crippen LogP contribution >= 0.6 is 0 Å². The maximum Gasteiger partial charge on any atom is 0.234 e. The molecular weight excluding hydrogens is 558 g/mol. The third-order valence-corrected chi connectivity index (χ3v) is 8.88. The molecule has 1 rings (SSSR count). The molecule has 0 spiro atoms. The van der Waals surface area contributed by atoms with Crippen LogP contribution < -0.4 is 32.3 Å². The van der Waals surface area contributed by atoms with Crippen LogP contribution in [0.1, 0.15) is 135 Å². The van der Waals surface area contributed by atoms with Crippen molar-refractivity contribution in [2.75, 3.05) is 18.8 Å². The first-order valence-electron chi connectivity index (χ1n) is 16.1. The van der Waals surface area contributed by atoms with E-state index in [1.54, 1.807) is 0 Å². The summed E-state index contributed by atoms with van der Waals surface area (Å²) >= 11 is 0. The number of Topliss-reactive ketones (excluding diaryl/α,β-unsaturated/α-hetero) is 1. The summed E-state index contributed by atoms with van der Waals surface area (Å²) < 4.78 is 26.4. The number of carbonyl (C=O) groups is 3. The molecule has 1 heterocycles. The molecule has 0 aromatic rings. The number of hydrazine groups is 2. The molecule has 12 nitrogen and oxygen atoms in total. The van der Waals surface area contributed by atoms with Gasteiger partial charge in [0, 0.05) is 38.3 Å². The van der Waals surface area contributed by atoms with E-state index in [9.17, 15) is 22.8 Å². The molecule has 0 saturated carbocycles. The molecule has 1 aliphatic heterocycles. The molecular formula is C29H57N7O5S. The minimum absolute atomic E-state index is 0.0827. The van der Waals surface area contributed by atoms with E-state index in [0.717, 1.165) is 50.8 Å². The normalized spacial score (nSPS) is 13.6. The minimum Gasteiger partial charge on any atom is -0.356 e. The Morgan fingerprint density at radius 3 is 1.90 bits per heavy atom. The van der Waals surface area contributed by atoms with Crippen molar-refractivity contribution in [3.63, 3.8) is 0 Å². The van der Waals surface area contributed by atoms with Gasteiger partial charge in [0.25, 0.3) is 0 Å². The molecule has 244 valence electrons. The third kappa shape index (κ3) is 21.5. The van der Waals surface area contributed by atoms with Gasteiger partial charge < -0.3 is 11.1 Å². The zero-order valence-corrected chi connectivity index (χ0v) is 26.6. The number of rotatable bonds is 28. The highest BCUT2D eigenvalue weighted by atomic mass is 32.2. The Labute approximate surface area is 253 Å². The molecule has 0 aliphatic carbocycles. The molecule has 2 amide bonds. The zero-order valence-electron chi connectivity index (χ0n) is 25.8. The number of nitrogens with zero attached hydrogens (tertiary/aromatic N) is 1. The molecule has 1 atom stereocenters. The highest BCUT2D eigenvalue weighted by Gasteiger charge is 2.15. The lowest BCUT2D eigenvalue weighted by Gasteiger charge is -2.11. The van der Waals surface area contributed by atoms with Gasteiger partial charge in [0.05, 0.1) is 5.75 Å². The number of amides is 2. The highest BCUT2D eigenvalue weighted by molar-refractivity contribution is 7.90. The molecule has 1 aliphatic rings. The second-order valence-corrected chi connectivity index (χ2v) is 13.2. The van der Waals surface area contributed by atoms with Crippen molar-refractivity contribution in [3.8, 4) is 0 Å². The topological polar surface area (TPSA) is 184 Å². The Bertz CT molecular complexity index is 899. The van der Waals surface area contributed by atoms with Crippen LogP contribution in [-0.4, -0.2) is 50.7 Å². The lowest BCUT2D eigenvalue weighted by molar-refractivity contribution is -0.122. The molecule has 0 fully saturated rings. The van der Waals surface area contributed by atoms with Gasteiger partial charge in [0.15, 0.2) is 0 Å². The number of hydrogen-bond donors (Lipinski definition) is 6. The van der Waals surface area contributed by atoms with Crippen molar-refractivity contribution in [1.82, 2.24) is 26.5 Å². The summed E-state index contributed by atoms with van der Waals surface area (Å²) in [6, 6.07) is 0. The second kappa shape index (κ2) is 24.2. The van der Waals surface area contributed by atoms with Crippen LogP contribution in [0.5, 0.6) is 0 Å². The van der Waals surface area contributed by atoms with Gasteiger partial charge in [-0.3, -0.25) is 24.5 Å². The van der Waals surface area contributed by atoms with Crippen LogP contribution in [0.2, 0.25) is 0 Å². The van der Waals surface area contributed by atoms with Crippen LogP contribution in [0.4, 0.5) is 0 Å². The number of ketones is 1. The number of nitrogens with one attached hydrogen (secondary N) is 5. The second-order valence-electron chi connectivity index (χ2n) is 11.4. The summed E-state index contributed by atoms with van der Waals surface area (Å²) in [6.07, 6.45) is 18.8. The maximum absolute atomic E-state index is 12.2. The van der Waals surface area contributed by atoms with Crippen molar-refractivity contribution in [2.24, 2.45) is 16.8 Å². The molecule has 0 aromatic heterocycles. The molecule has 7 N–H and O–H groups in total. The fourth-order valence-corrected chi connectivity index (χ4v) is 5.96. The fraction of sp³-hybridized carbons (Fsp3) is 0.862. The van der Waals surface area contributed by atoms with E-state index < -0.39 is 15.9 Å². The van der Waals surface area contributed by atoms with Crippen LogP contribution in [0.3, 0.4) is 0 Å². The average Bonchev–Trinajstić information content (AvgIpc) is 3.46. The zero-order chi connectivity index (χ0) is 30.9. The number of hydrazone groups is 1. The SMILES string of the molecule is CC(=O)[C@H](CN)CCCCNC(=O)CCCS(=O)(=O)NC(=O)CCCCCCCCCCCCCCCC1=NNNN1. The average molecular weight is 616 g/mol. The van der Waals surface area contributed by atoms with Crippen molar-refractivity contribution < 1.29 is 22.8 Å². The summed E-state index contributed by atoms with van der Waals surface area (Å²) in [5.41, 5.74) is 14.0. The van der Waals surface area contributed by atoms with Crippen molar-refractivity contribution >= 4 is 33.5 Å². The maximum atomic E-state index is 12.2. The van der Waals surface area contributed by atoms with E-state index in [4.69, 9.17) is 5.73 Å². The lowest BCUT2D eigenvalue weighted by atomic mass is 9.98. The molecule has 13 heteroatoms. The first-order chi connectivity index (χ1) is 20.2. The summed E-state index contributed by atoms with van der Waals surface area (Å²) in [5, 5.41) is 6.84. The Balaban J connectivity index is 1.89. The molecule has 0 bridgehead atoms. The first kappa shape index (κ1) is 37.8. The Morgan fingerprint density at radius 2 is 1.36 bits per heavy atom. The van der Waals surface area contributed by atoms with Gasteiger partial charge in [-0.1, -0.05) is 77.0 Å². The predicted octanol–water partition coefficient (Wildman–Crippen LogP) is 3.44. The van der Waals surface area contributed by atoms with Crippen molar-refractivity contribution in [1.29, 1.82) is 0 Å². The summed E-state index contributed by atoms with van der Waals surface area (Å²) in [6.45, 7) is 2.35. The number of hydrogen-bond acceptors (Lipinski definition) is 10. The minimum atomic E-state index is -3.73. The number of nitrogens with two attached hydrogens (primary N) is 1. The van der Waals surface area contributed by atoms with Gasteiger partial charge >= 0.3 is 0 Å². The Hall–Kier alpha value is -2.25. The third-order valence-electron chi connectivity index (χ3n) is 7.52. The first-order valence-corrected chi connectivity index (χ1v) is 17.7. The van der Waals surface area contributed by atoms with E-state index in [1.807, 2.05) is 0 Å². The number of unbranched alkanes of at least 4 members (excludes halogenated alkanes) is 13. The van der Waals surface area contributed by atoms with Crippen molar-refractivity contribution in [2.45, 2.75) is 135 Å². The predicted molar refractivity (Wildman–Crippen MR) is 167 cm³/mol.